The van der Waals surface area contributed by atoms with Crippen LogP contribution in [-0.2, 0) is 11.3 Å². The fourth-order valence-corrected chi connectivity index (χ4v) is 4.57. The van der Waals surface area contributed by atoms with Gasteiger partial charge in [-0.15, -0.1) is 22.7 Å². The first kappa shape index (κ1) is 17.1. The monoisotopic (exact) mass is 386 g/mol. The van der Waals surface area contributed by atoms with E-state index in [-0.39, 0.29) is 12.0 Å². The summed E-state index contributed by atoms with van der Waals surface area (Å²) in [6, 6.07) is 11.5. The molecule has 1 aromatic carbocycles. The number of thiazole rings is 1. The number of rotatable bonds is 4. The quantitative estimate of drug-likeness (QED) is 0.736. The smallest absolute Gasteiger partial charge is 0.265 e. The van der Waals surface area contributed by atoms with E-state index in [9.17, 15) is 4.79 Å². The maximum absolute atomic E-state index is 12.6. The predicted molar refractivity (Wildman–Crippen MR) is 103 cm³/mol. The normalized spacial score (nSPS) is 18.5. The number of aryl methyl sites for hydroxylation is 1. The molecule has 0 saturated heterocycles. The minimum Gasteiger partial charge on any atom is -0.482 e. The van der Waals surface area contributed by atoms with E-state index in [0.717, 1.165) is 20.5 Å². The number of ether oxygens (including phenoxy) is 2. The van der Waals surface area contributed by atoms with E-state index in [1.54, 1.807) is 22.7 Å². The Morgan fingerprint density at radius 1 is 1.19 bits per heavy atom. The Bertz CT molecular complexity index is 921. The number of para-hydroxylation sites is 2. The number of carbonyl (C=O) groups is 1. The van der Waals surface area contributed by atoms with Gasteiger partial charge in [-0.05, 0) is 37.4 Å². The van der Waals surface area contributed by atoms with Gasteiger partial charge in [0.2, 0.25) is 6.10 Å². The maximum Gasteiger partial charge on any atom is 0.265 e. The Morgan fingerprint density at radius 3 is 2.69 bits per heavy atom. The van der Waals surface area contributed by atoms with Crippen molar-refractivity contribution in [2.45, 2.75) is 32.6 Å². The van der Waals surface area contributed by atoms with E-state index < -0.39 is 6.10 Å². The van der Waals surface area contributed by atoms with Crippen molar-refractivity contribution in [1.29, 1.82) is 0 Å². The molecule has 2 aromatic heterocycles. The van der Waals surface area contributed by atoms with Crippen molar-refractivity contribution < 1.29 is 14.3 Å². The van der Waals surface area contributed by atoms with Crippen LogP contribution in [0.4, 0.5) is 0 Å². The highest BCUT2D eigenvalue weighted by molar-refractivity contribution is 7.21. The SMILES string of the molecule is Cc1nc(-c2cccs2)sc1CNC(=O)[C@H]1Oc2ccccc2O[C@H]1C. The molecule has 0 unspecified atom stereocenters. The number of amides is 1. The predicted octanol–water partition coefficient (Wildman–Crippen LogP) is 4.02. The van der Waals surface area contributed by atoms with Crippen molar-refractivity contribution in [3.63, 3.8) is 0 Å². The highest BCUT2D eigenvalue weighted by Gasteiger charge is 2.34. The number of thiophene rings is 1. The molecule has 0 saturated carbocycles. The van der Waals surface area contributed by atoms with Gasteiger partial charge in [0.15, 0.2) is 11.5 Å². The first-order valence-corrected chi connectivity index (χ1v) is 10.0. The third-order valence-corrected chi connectivity index (χ3v) is 6.35. The average Bonchev–Trinajstić information content (AvgIpc) is 3.29. The summed E-state index contributed by atoms with van der Waals surface area (Å²) in [5.41, 5.74) is 0.943. The molecule has 26 heavy (non-hydrogen) atoms. The number of nitrogens with zero attached hydrogens (tertiary/aromatic N) is 1. The minimum absolute atomic E-state index is 0.183. The molecule has 7 heteroatoms. The van der Waals surface area contributed by atoms with Crippen LogP contribution in [0.1, 0.15) is 17.5 Å². The first-order valence-electron chi connectivity index (χ1n) is 8.32. The zero-order valence-corrected chi connectivity index (χ0v) is 16.0. The average molecular weight is 386 g/mol. The highest BCUT2D eigenvalue weighted by Crippen LogP contribution is 2.34. The van der Waals surface area contributed by atoms with E-state index in [0.29, 0.717) is 18.0 Å². The third kappa shape index (κ3) is 3.32. The second-order valence-corrected chi connectivity index (χ2v) is 8.06. The van der Waals surface area contributed by atoms with Gasteiger partial charge in [-0.2, -0.15) is 0 Å². The molecule has 5 nitrogen and oxygen atoms in total. The number of aromatic nitrogens is 1. The minimum atomic E-state index is -0.671. The van der Waals surface area contributed by atoms with Gasteiger partial charge in [0.1, 0.15) is 11.1 Å². The van der Waals surface area contributed by atoms with Crippen molar-refractivity contribution in [3.8, 4) is 21.4 Å². The van der Waals surface area contributed by atoms with Gasteiger partial charge in [0, 0.05) is 4.88 Å². The molecule has 0 bridgehead atoms. The van der Waals surface area contributed by atoms with E-state index in [4.69, 9.17) is 9.47 Å². The molecular formula is C19H18N2O3S2. The van der Waals surface area contributed by atoms with Crippen molar-refractivity contribution in [2.24, 2.45) is 0 Å². The lowest BCUT2D eigenvalue weighted by molar-refractivity contribution is -0.133. The summed E-state index contributed by atoms with van der Waals surface area (Å²) in [6.45, 7) is 4.24. The van der Waals surface area contributed by atoms with Crippen LogP contribution in [0.15, 0.2) is 41.8 Å². The van der Waals surface area contributed by atoms with Gasteiger partial charge in [-0.3, -0.25) is 4.79 Å². The topological polar surface area (TPSA) is 60.5 Å². The van der Waals surface area contributed by atoms with Crippen molar-refractivity contribution in [2.75, 3.05) is 0 Å². The number of hydrogen-bond donors (Lipinski definition) is 1. The third-order valence-electron chi connectivity index (χ3n) is 4.15. The van der Waals surface area contributed by atoms with Crippen molar-refractivity contribution in [1.82, 2.24) is 10.3 Å². The number of carbonyl (C=O) groups excluding carboxylic acids is 1. The van der Waals surface area contributed by atoms with Crippen molar-refractivity contribution in [3.05, 3.63) is 52.3 Å². The molecule has 0 radical (unpaired) electrons. The van der Waals surface area contributed by atoms with Crippen LogP contribution in [-0.4, -0.2) is 23.1 Å². The Labute approximate surface area is 159 Å². The lowest BCUT2D eigenvalue weighted by atomic mass is 10.1. The second kappa shape index (κ2) is 7.09. The molecular weight excluding hydrogens is 368 g/mol. The summed E-state index contributed by atoms with van der Waals surface area (Å²) in [6.07, 6.45) is -1.02. The summed E-state index contributed by atoms with van der Waals surface area (Å²) in [5, 5.41) is 5.98. The number of nitrogens with one attached hydrogen (secondary N) is 1. The summed E-state index contributed by atoms with van der Waals surface area (Å²) in [4.78, 5) is 19.4. The molecule has 3 heterocycles. The molecule has 0 aliphatic carbocycles. The molecule has 1 aliphatic rings. The Kier molecular flexibility index (Phi) is 4.65. The summed E-state index contributed by atoms with van der Waals surface area (Å²) < 4.78 is 11.6. The van der Waals surface area contributed by atoms with Crippen LogP contribution in [0, 0.1) is 6.92 Å². The maximum atomic E-state index is 12.6. The molecule has 2 atom stereocenters. The Hall–Kier alpha value is -2.38. The largest absolute Gasteiger partial charge is 0.482 e. The van der Waals surface area contributed by atoms with Crippen LogP contribution in [0.2, 0.25) is 0 Å². The van der Waals surface area contributed by atoms with Crippen LogP contribution < -0.4 is 14.8 Å². The highest BCUT2D eigenvalue weighted by atomic mass is 32.1. The van der Waals surface area contributed by atoms with Gasteiger partial charge in [-0.1, -0.05) is 18.2 Å². The summed E-state index contributed by atoms with van der Waals surface area (Å²) in [5.74, 6) is 1.08. The molecule has 0 fully saturated rings. The van der Waals surface area contributed by atoms with Gasteiger partial charge < -0.3 is 14.8 Å². The van der Waals surface area contributed by atoms with Crippen LogP contribution in [0.25, 0.3) is 9.88 Å². The van der Waals surface area contributed by atoms with Gasteiger partial charge >= 0.3 is 0 Å². The van der Waals surface area contributed by atoms with Crippen LogP contribution in [0.3, 0.4) is 0 Å². The van der Waals surface area contributed by atoms with Gasteiger partial charge in [0.25, 0.3) is 5.91 Å². The fraction of sp³-hybridized carbons (Fsp3) is 0.263. The summed E-state index contributed by atoms with van der Waals surface area (Å²) in [7, 11) is 0. The van der Waals surface area contributed by atoms with E-state index in [1.807, 2.05) is 49.6 Å². The molecule has 1 amide bonds. The standard InChI is InChI=1S/C19H18N2O3S2/c1-11-16(26-19(21-11)15-8-5-9-25-15)10-20-18(22)17-12(2)23-13-6-3-4-7-14(13)24-17/h3-9,12,17H,10H2,1-2H3,(H,20,22)/t12-,17-/m0/s1. The molecule has 0 spiro atoms. The van der Waals surface area contributed by atoms with E-state index in [1.165, 1.54) is 0 Å². The Morgan fingerprint density at radius 2 is 1.96 bits per heavy atom. The molecule has 1 N–H and O–H groups in total. The molecule has 3 aromatic rings. The number of hydrogen-bond acceptors (Lipinski definition) is 6. The number of benzene rings is 1. The van der Waals surface area contributed by atoms with Crippen LogP contribution >= 0.6 is 22.7 Å². The fourth-order valence-electron chi connectivity index (χ4n) is 2.77. The second-order valence-electron chi connectivity index (χ2n) is 6.03. The zero-order valence-electron chi connectivity index (χ0n) is 14.4. The van der Waals surface area contributed by atoms with E-state index in [2.05, 4.69) is 16.4 Å². The van der Waals surface area contributed by atoms with Gasteiger partial charge in [0.05, 0.1) is 17.1 Å². The van der Waals surface area contributed by atoms with Crippen molar-refractivity contribution >= 4 is 28.6 Å². The molecule has 1 aliphatic heterocycles. The van der Waals surface area contributed by atoms with E-state index >= 15 is 0 Å². The molecule has 134 valence electrons. The molecule has 4 rings (SSSR count). The first-order chi connectivity index (χ1) is 12.6. The Balaban J connectivity index is 1.43. The zero-order chi connectivity index (χ0) is 18.1. The number of fused-ring (bicyclic) bond motifs is 1. The van der Waals surface area contributed by atoms with Gasteiger partial charge in [-0.25, -0.2) is 4.98 Å². The lowest BCUT2D eigenvalue weighted by Crippen LogP contribution is -2.48. The summed E-state index contributed by atoms with van der Waals surface area (Å²) >= 11 is 3.27. The lowest BCUT2D eigenvalue weighted by Gasteiger charge is -2.30. The van der Waals surface area contributed by atoms with Crippen LogP contribution in [0.5, 0.6) is 11.5 Å².